The summed E-state index contributed by atoms with van der Waals surface area (Å²) in [6.45, 7) is 3.85. The maximum atomic E-state index is 12.2. The van der Waals surface area contributed by atoms with Gasteiger partial charge in [-0.2, -0.15) is 0 Å². The van der Waals surface area contributed by atoms with Crippen molar-refractivity contribution >= 4 is 23.3 Å². The second kappa shape index (κ2) is 7.59. The molecule has 0 N–H and O–H groups in total. The zero-order valence-corrected chi connectivity index (χ0v) is 14.6. The lowest BCUT2D eigenvalue weighted by Crippen LogP contribution is -2.43. The molecule has 24 heavy (non-hydrogen) atoms. The van der Waals surface area contributed by atoms with Gasteiger partial charge in [0.1, 0.15) is 10.8 Å². The van der Waals surface area contributed by atoms with Crippen molar-refractivity contribution in [2.45, 2.75) is 13.0 Å². The van der Waals surface area contributed by atoms with Crippen molar-refractivity contribution < 1.29 is 14.3 Å². The van der Waals surface area contributed by atoms with E-state index < -0.39 is 0 Å². The van der Waals surface area contributed by atoms with Gasteiger partial charge < -0.3 is 14.4 Å². The van der Waals surface area contributed by atoms with Crippen LogP contribution in [0.1, 0.15) is 12.6 Å². The van der Waals surface area contributed by atoms with Gasteiger partial charge in [0.2, 0.25) is 5.91 Å². The molecule has 2 aromatic rings. The summed E-state index contributed by atoms with van der Waals surface area (Å²) < 4.78 is 10.6. The Labute approximate surface area is 145 Å². The summed E-state index contributed by atoms with van der Waals surface area (Å²) in [4.78, 5) is 18.6. The van der Waals surface area contributed by atoms with Gasteiger partial charge in [0.15, 0.2) is 0 Å². The quantitative estimate of drug-likeness (QED) is 0.800. The number of amides is 1. The van der Waals surface area contributed by atoms with Gasteiger partial charge in [0.05, 0.1) is 25.5 Å². The number of morpholine rings is 1. The molecule has 0 bridgehead atoms. The Bertz CT molecular complexity index is 724. The SMILES string of the molecule is COc1ccc(-c2nc(C=CC(=O)N3CCOC(C)C3)cs2)cc1. The van der Waals surface area contributed by atoms with Crippen molar-refractivity contribution in [3.8, 4) is 16.3 Å². The molecule has 0 aliphatic carbocycles. The van der Waals surface area contributed by atoms with E-state index in [2.05, 4.69) is 4.98 Å². The summed E-state index contributed by atoms with van der Waals surface area (Å²) in [6, 6.07) is 7.78. The van der Waals surface area contributed by atoms with Crippen molar-refractivity contribution in [1.82, 2.24) is 9.88 Å². The Morgan fingerprint density at radius 2 is 2.21 bits per heavy atom. The van der Waals surface area contributed by atoms with Crippen LogP contribution in [0.2, 0.25) is 0 Å². The summed E-state index contributed by atoms with van der Waals surface area (Å²) in [6.07, 6.45) is 3.45. The molecule has 6 heteroatoms. The molecule has 126 valence electrons. The predicted molar refractivity (Wildman–Crippen MR) is 95.1 cm³/mol. The summed E-state index contributed by atoms with van der Waals surface area (Å²) in [5.41, 5.74) is 1.83. The van der Waals surface area contributed by atoms with Crippen LogP contribution in [-0.4, -0.2) is 48.7 Å². The van der Waals surface area contributed by atoms with Gasteiger partial charge in [0, 0.05) is 30.1 Å². The molecule has 1 amide bonds. The van der Waals surface area contributed by atoms with Crippen LogP contribution >= 0.6 is 11.3 Å². The highest BCUT2D eigenvalue weighted by atomic mass is 32.1. The summed E-state index contributed by atoms with van der Waals surface area (Å²) >= 11 is 1.56. The highest BCUT2D eigenvalue weighted by molar-refractivity contribution is 7.13. The first-order valence-corrected chi connectivity index (χ1v) is 8.72. The second-order valence-electron chi connectivity index (χ2n) is 5.61. The number of aromatic nitrogens is 1. The van der Waals surface area contributed by atoms with Gasteiger partial charge in [-0.05, 0) is 37.3 Å². The Morgan fingerprint density at radius 3 is 2.92 bits per heavy atom. The third kappa shape index (κ3) is 4.01. The first kappa shape index (κ1) is 16.7. The first-order valence-electron chi connectivity index (χ1n) is 7.84. The average molecular weight is 344 g/mol. The third-order valence-electron chi connectivity index (χ3n) is 3.81. The monoisotopic (exact) mass is 344 g/mol. The topological polar surface area (TPSA) is 51.7 Å². The number of ether oxygens (including phenoxy) is 2. The van der Waals surface area contributed by atoms with Crippen molar-refractivity contribution in [2.75, 3.05) is 26.8 Å². The highest BCUT2D eigenvalue weighted by Crippen LogP contribution is 2.26. The lowest BCUT2D eigenvalue weighted by Gasteiger charge is -2.30. The minimum atomic E-state index is 0.00384. The average Bonchev–Trinajstić information content (AvgIpc) is 3.09. The fourth-order valence-electron chi connectivity index (χ4n) is 2.51. The molecule has 1 aromatic carbocycles. The van der Waals surface area contributed by atoms with Crippen LogP contribution in [0.4, 0.5) is 0 Å². The van der Waals surface area contributed by atoms with Crippen LogP contribution in [0.25, 0.3) is 16.6 Å². The lowest BCUT2D eigenvalue weighted by atomic mass is 10.2. The van der Waals surface area contributed by atoms with Crippen LogP contribution < -0.4 is 4.74 Å². The standard InChI is InChI=1S/C18H20N2O3S/c1-13-11-20(9-10-23-13)17(21)8-5-15-12-24-18(19-15)14-3-6-16(22-2)7-4-14/h3-8,12-13H,9-11H2,1-2H3. The van der Waals surface area contributed by atoms with Crippen LogP contribution in [0.5, 0.6) is 5.75 Å². The number of nitrogens with zero attached hydrogens (tertiary/aromatic N) is 2. The molecule has 1 saturated heterocycles. The predicted octanol–water partition coefficient (Wildman–Crippen LogP) is 3.08. The van der Waals surface area contributed by atoms with E-state index in [9.17, 15) is 4.79 Å². The van der Waals surface area contributed by atoms with Gasteiger partial charge >= 0.3 is 0 Å². The van der Waals surface area contributed by atoms with Crippen LogP contribution in [-0.2, 0) is 9.53 Å². The summed E-state index contributed by atoms with van der Waals surface area (Å²) in [5, 5.41) is 2.87. The molecular formula is C18H20N2O3S. The van der Waals surface area contributed by atoms with E-state index in [0.29, 0.717) is 19.7 Å². The molecule has 0 radical (unpaired) electrons. The van der Waals surface area contributed by atoms with E-state index >= 15 is 0 Å². The molecule has 1 aliphatic heterocycles. The van der Waals surface area contributed by atoms with Gasteiger partial charge in [-0.3, -0.25) is 4.79 Å². The minimum Gasteiger partial charge on any atom is -0.497 e. The highest BCUT2D eigenvalue weighted by Gasteiger charge is 2.19. The van der Waals surface area contributed by atoms with Crippen molar-refractivity contribution in [3.63, 3.8) is 0 Å². The van der Waals surface area contributed by atoms with Crippen molar-refractivity contribution in [2.24, 2.45) is 0 Å². The number of carbonyl (C=O) groups excluding carboxylic acids is 1. The molecule has 0 saturated carbocycles. The fourth-order valence-corrected chi connectivity index (χ4v) is 3.30. The lowest BCUT2D eigenvalue weighted by molar-refractivity contribution is -0.132. The first-order chi connectivity index (χ1) is 11.7. The van der Waals surface area contributed by atoms with Crippen LogP contribution in [0.15, 0.2) is 35.7 Å². The maximum Gasteiger partial charge on any atom is 0.246 e. The molecule has 1 fully saturated rings. The number of carbonyl (C=O) groups is 1. The van der Waals surface area contributed by atoms with Crippen molar-refractivity contribution in [1.29, 1.82) is 0 Å². The van der Waals surface area contributed by atoms with Crippen LogP contribution in [0.3, 0.4) is 0 Å². The third-order valence-corrected chi connectivity index (χ3v) is 4.72. The van der Waals surface area contributed by atoms with E-state index in [4.69, 9.17) is 9.47 Å². The molecule has 2 heterocycles. The van der Waals surface area contributed by atoms with E-state index in [-0.39, 0.29) is 12.0 Å². The zero-order valence-electron chi connectivity index (χ0n) is 13.8. The second-order valence-corrected chi connectivity index (χ2v) is 6.46. The molecule has 1 unspecified atom stereocenters. The van der Waals surface area contributed by atoms with Crippen molar-refractivity contribution in [3.05, 3.63) is 41.4 Å². The molecular weight excluding hydrogens is 324 g/mol. The molecule has 1 aromatic heterocycles. The Morgan fingerprint density at radius 1 is 1.42 bits per heavy atom. The largest absolute Gasteiger partial charge is 0.497 e. The minimum absolute atomic E-state index is 0.00384. The number of hydrogen-bond acceptors (Lipinski definition) is 5. The normalized spacial score (nSPS) is 18.1. The Balaban J connectivity index is 1.65. The molecule has 1 aliphatic rings. The molecule has 3 rings (SSSR count). The van der Waals surface area contributed by atoms with Gasteiger partial charge in [-0.1, -0.05) is 0 Å². The Kier molecular flexibility index (Phi) is 5.27. The number of rotatable bonds is 4. The van der Waals surface area contributed by atoms with Crippen LogP contribution in [0, 0.1) is 0 Å². The fraction of sp³-hybridized carbons (Fsp3) is 0.333. The van der Waals surface area contributed by atoms with Gasteiger partial charge in [-0.15, -0.1) is 11.3 Å². The zero-order chi connectivity index (χ0) is 16.9. The molecule has 1 atom stereocenters. The number of thiazole rings is 1. The summed E-state index contributed by atoms with van der Waals surface area (Å²) in [5.74, 6) is 0.824. The van der Waals surface area contributed by atoms with E-state index in [1.54, 1.807) is 35.5 Å². The Hall–Kier alpha value is -2.18. The van der Waals surface area contributed by atoms with Gasteiger partial charge in [-0.25, -0.2) is 4.98 Å². The number of benzene rings is 1. The van der Waals surface area contributed by atoms with Gasteiger partial charge in [0.25, 0.3) is 0 Å². The number of hydrogen-bond donors (Lipinski definition) is 0. The van der Waals surface area contributed by atoms with E-state index in [0.717, 1.165) is 22.0 Å². The summed E-state index contributed by atoms with van der Waals surface area (Å²) in [7, 11) is 1.65. The molecule has 0 spiro atoms. The van der Waals surface area contributed by atoms with E-state index in [1.807, 2.05) is 36.6 Å². The smallest absolute Gasteiger partial charge is 0.246 e. The molecule has 5 nitrogen and oxygen atoms in total. The number of methoxy groups -OCH3 is 1. The maximum absolute atomic E-state index is 12.2. The van der Waals surface area contributed by atoms with E-state index in [1.165, 1.54) is 0 Å².